The molecule has 38 heavy (non-hydrogen) atoms. The molecular weight excluding hydrogens is 513 g/mol. The van der Waals surface area contributed by atoms with Crippen LogP contribution in [0.25, 0.3) is 0 Å². The van der Waals surface area contributed by atoms with Gasteiger partial charge in [0.25, 0.3) is 0 Å². The number of carbonyl (C=O) groups is 2. The molecule has 1 N–H and O–H groups in total. The Balaban J connectivity index is 1.71. The minimum Gasteiger partial charge on any atom is -0.486 e. The summed E-state index contributed by atoms with van der Waals surface area (Å²) in [4.78, 5) is 27.5. The minimum atomic E-state index is -3.65. The Hall–Kier alpha value is -3.34. The highest BCUT2D eigenvalue weighted by molar-refractivity contribution is 7.92. The summed E-state index contributed by atoms with van der Waals surface area (Å²) < 4.78 is 50.9. The number of sulfonamides is 1. The summed E-state index contributed by atoms with van der Waals surface area (Å²) in [5, 5.41) is 2.85. The molecule has 2 aromatic carbocycles. The number of anilines is 1. The molecule has 9 nitrogen and oxygen atoms in total. The number of nitrogens with zero attached hydrogens (tertiary/aromatic N) is 2. The van der Waals surface area contributed by atoms with Gasteiger partial charge in [-0.1, -0.05) is 25.5 Å². The van der Waals surface area contributed by atoms with Crippen molar-refractivity contribution in [2.24, 2.45) is 0 Å². The number of halogens is 1. The van der Waals surface area contributed by atoms with Crippen molar-refractivity contribution >= 4 is 27.5 Å². The summed E-state index contributed by atoms with van der Waals surface area (Å²) in [6, 6.07) is 9.92. The first-order valence-electron chi connectivity index (χ1n) is 12.8. The van der Waals surface area contributed by atoms with Crippen molar-refractivity contribution in [2.75, 3.05) is 36.9 Å². The second-order valence-electron chi connectivity index (χ2n) is 9.24. The highest BCUT2D eigenvalue weighted by atomic mass is 32.2. The van der Waals surface area contributed by atoms with E-state index in [1.165, 1.54) is 21.3 Å². The van der Waals surface area contributed by atoms with Crippen molar-refractivity contribution in [1.29, 1.82) is 0 Å². The second kappa shape index (κ2) is 13.5. The number of hydrogen-bond acceptors (Lipinski definition) is 6. The molecule has 3 rings (SSSR count). The van der Waals surface area contributed by atoms with Gasteiger partial charge in [-0.25, -0.2) is 12.8 Å². The lowest BCUT2D eigenvalue weighted by atomic mass is 10.1. The predicted molar refractivity (Wildman–Crippen MR) is 143 cm³/mol. The highest BCUT2D eigenvalue weighted by Crippen LogP contribution is 2.34. The Morgan fingerprint density at radius 2 is 1.74 bits per heavy atom. The largest absolute Gasteiger partial charge is 0.486 e. The van der Waals surface area contributed by atoms with Gasteiger partial charge < -0.3 is 19.7 Å². The molecule has 0 spiro atoms. The van der Waals surface area contributed by atoms with Crippen molar-refractivity contribution in [3.8, 4) is 11.5 Å². The molecule has 0 aliphatic carbocycles. The van der Waals surface area contributed by atoms with E-state index in [0.29, 0.717) is 42.5 Å². The molecular formula is C27H36FN3O6S. The van der Waals surface area contributed by atoms with Gasteiger partial charge in [0, 0.05) is 32.1 Å². The minimum absolute atomic E-state index is 0.0182. The van der Waals surface area contributed by atoms with Crippen LogP contribution in [0.5, 0.6) is 11.5 Å². The normalized spacial score (nSPS) is 13.5. The summed E-state index contributed by atoms with van der Waals surface area (Å²) in [5.74, 6) is 0.0427. The Bertz CT molecular complexity index is 1210. The van der Waals surface area contributed by atoms with Crippen LogP contribution in [0.15, 0.2) is 42.5 Å². The maximum absolute atomic E-state index is 13.4. The number of nitrogens with one attached hydrogen (secondary N) is 1. The van der Waals surface area contributed by atoms with Gasteiger partial charge in [-0.3, -0.25) is 13.9 Å². The van der Waals surface area contributed by atoms with E-state index in [2.05, 4.69) is 5.32 Å². The SMILES string of the molecule is CCCCNC(=O)[C@@H](C)N(Cc1ccc(F)cc1)C(=O)CCCN(c1ccc2c(c1)OCCO2)S(C)(=O)=O. The van der Waals surface area contributed by atoms with Crippen molar-refractivity contribution < 1.29 is 31.9 Å². The van der Waals surface area contributed by atoms with Gasteiger partial charge in [-0.2, -0.15) is 0 Å². The Morgan fingerprint density at radius 1 is 1.05 bits per heavy atom. The fraction of sp³-hybridized carbons (Fsp3) is 0.481. The van der Waals surface area contributed by atoms with Gasteiger partial charge >= 0.3 is 0 Å². The van der Waals surface area contributed by atoms with Crippen LogP contribution in [0.3, 0.4) is 0 Å². The summed E-state index contributed by atoms with van der Waals surface area (Å²) in [7, 11) is -3.65. The van der Waals surface area contributed by atoms with Gasteiger partial charge in [0.15, 0.2) is 11.5 Å². The van der Waals surface area contributed by atoms with Gasteiger partial charge in [-0.15, -0.1) is 0 Å². The van der Waals surface area contributed by atoms with Crippen molar-refractivity contribution in [3.05, 3.63) is 53.8 Å². The van der Waals surface area contributed by atoms with E-state index in [1.54, 1.807) is 37.3 Å². The molecule has 0 saturated heterocycles. The number of hydrogen-bond donors (Lipinski definition) is 1. The zero-order valence-corrected chi connectivity index (χ0v) is 22.9. The molecule has 11 heteroatoms. The topological polar surface area (TPSA) is 105 Å². The van der Waals surface area contributed by atoms with E-state index < -0.39 is 21.9 Å². The van der Waals surface area contributed by atoms with E-state index in [0.717, 1.165) is 19.1 Å². The van der Waals surface area contributed by atoms with Crippen molar-refractivity contribution in [3.63, 3.8) is 0 Å². The number of amides is 2. The van der Waals surface area contributed by atoms with E-state index in [-0.39, 0.29) is 37.7 Å². The molecule has 0 fully saturated rings. The van der Waals surface area contributed by atoms with Crippen molar-refractivity contribution in [1.82, 2.24) is 10.2 Å². The van der Waals surface area contributed by atoms with E-state index in [4.69, 9.17) is 9.47 Å². The molecule has 1 atom stereocenters. The van der Waals surface area contributed by atoms with Crippen LogP contribution in [0.2, 0.25) is 0 Å². The van der Waals surface area contributed by atoms with Gasteiger partial charge in [0.1, 0.15) is 25.1 Å². The highest BCUT2D eigenvalue weighted by Gasteiger charge is 2.27. The fourth-order valence-electron chi connectivity index (χ4n) is 4.10. The first-order valence-corrected chi connectivity index (χ1v) is 14.6. The molecule has 0 saturated carbocycles. The van der Waals surface area contributed by atoms with Gasteiger partial charge in [-0.05, 0) is 49.6 Å². The third-order valence-electron chi connectivity index (χ3n) is 6.23. The van der Waals surface area contributed by atoms with E-state index in [1.807, 2.05) is 6.92 Å². The van der Waals surface area contributed by atoms with Crippen LogP contribution in [0, 0.1) is 5.82 Å². The zero-order valence-electron chi connectivity index (χ0n) is 22.1. The average Bonchev–Trinajstić information content (AvgIpc) is 2.89. The molecule has 0 unspecified atom stereocenters. The molecule has 2 amide bonds. The molecule has 0 bridgehead atoms. The Kier molecular flexibility index (Phi) is 10.3. The summed E-state index contributed by atoms with van der Waals surface area (Å²) in [5.41, 5.74) is 1.10. The van der Waals surface area contributed by atoms with Crippen LogP contribution in [-0.4, -0.2) is 63.7 Å². The fourth-order valence-corrected chi connectivity index (χ4v) is 5.05. The van der Waals surface area contributed by atoms with Crippen molar-refractivity contribution in [2.45, 2.75) is 52.1 Å². The molecule has 0 radical (unpaired) electrons. The summed E-state index contributed by atoms with van der Waals surface area (Å²) in [6.07, 6.45) is 3.10. The number of unbranched alkanes of at least 4 members (excludes halogenated alkanes) is 1. The van der Waals surface area contributed by atoms with Gasteiger partial charge in [0.2, 0.25) is 21.8 Å². The molecule has 0 aromatic heterocycles. The first-order chi connectivity index (χ1) is 18.1. The summed E-state index contributed by atoms with van der Waals surface area (Å²) >= 11 is 0. The molecule has 1 aliphatic rings. The Labute approximate surface area is 224 Å². The van der Waals surface area contributed by atoms with Gasteiger partial charge in [0.05, 0.1) is 11.9 Å². The number of benzene rings is 2. The average molecular weight is 550 g/mol. The molecule has 208 valence electrons. The van der Waals surface area contributed by atoms with Crippen LogP contribution in [0.1, 0.15) is 45.1 Å². The predicted octanol–water partition coefficient (Wildman–Crippen LogP) is 3.48. The maximum atomic E-state index is 13.4. The lowest BCUT2D eigenvalue weighted by Crippen LogP contribution is -2.48. The first kappa shape index (κ1) is 29.2. The standard InChI is InChI=1S/C27H36FN3O6S/c1-4-5-14-29-27(33)20(2)30(19-21-8-10-22(28)11-9-21)26(32)7-6-15-31(38(3,34)35)23-12-13-24-25(18-23)37-17-16-36-24/h8-13,18,20H,4-7,14-17,19H2,1-3H3,(H,29,33)/t20-/m1/s1. The lowest BCUT2D eigenvalue weighted by molar-refractivity contribution is -0.140. The van der Waals surface area contributed by atoms with Crippen LogP contribution >= 0.6 is 0 Å². The van der Waals surface area contributed by atoms with Crippen LogP contribution in [0.4, 0.5) is 10.1 Å². The molecule has 2 aromatic rings. The zero-order chi connectivity index (χ0) is 27.7. The van der Waals surface area contributed by atoms with Crippen LogP contribution < -0.4 is 19.1 Å². The maximum Gasteiger partial charge on any atom is 0.242 e. The lowest BCUT2D eigenvalue weighted by Gasteiger charge is -2.29. The number of carbonyl (C=O) groups excluding carboxylic acids is 2. The second-order valence-corrected chi connectivity index (χ2v) is 11.1. The third kappa shape index (κ3) is 8.08. The number of ether oxygens (including phenoxy) is 2. The number of fused-ring (bicyclic) bond motifs is 1. The van der Waals surface area contributed by atoms with Crippen LogP contribution in [-0.2, 0) is 26.2 Å². The quantitative estimate of drug-likeness (QED) is 0.384. The van der Waals surface area contributed by atoms with E-state index >= 15 is 0 Å². The molecule has 1 heterocycles. The monoisotopic (exact) mass is 549 g/mol. The molecule has 1 aliphatic heterocycles. The Morgan fingerprint density at radius 3 is 2.39 bits per heavy atom. The third-order valence-corrected chi connectivity index (χ3v) is 7.42. The summed E-state index contributed by atoms with van der Waals surface area (Å²) in [6.45, 7) is 5.17. The number of rotatable bonds is 13. The van der Waals surface area contributed by atoms with E-state index in [9.17, 15) is 22.4 Å². The smallest absolute Gasteiger partial charge is 0.242 e.